The summed E-state index contributed by atoms with van der Waals surface area (Å²) in [4.78, 5) is 21.7. The van der Waals surface area contributed by atoms with Gasteiger partial charge in [0.25, 0.3) is 0 Å². The Balaban J connectivity index is 4.55. The normalized spacial score (nSPS) is 13.3. The molecule has 0 aliphatic heterocycles. The van der Waals surface area contributed by atoms with Crippen LogP contribution in [-0.2, 0) is 14.3 Å². The Kier molecular flexibility index (Phi) is 3.91. The van der Waals surface area contributed by atoms with Crippen molar-refractivity contribution in [3.63, 3.8) is 0 Å². The maximum atomic E-state index is 11.9. The van der Waals surface area contributed by atoms with Crippen LogP contribution in [0.4, 0.5) is 13.2 Å². The molecule has 1 atom stereocenters. The fourth-order valence-electron chi connectivity index (χ4n) is 0.705. The van der Waals surface area contributed by atoms with Crippen molar-refractivity contribution in [1.82, 2.24) is 4.90 Å². The van der Waals surface area contributed by atoms with Gasteiger partial charge in [-0.2, -0.15) is 13.2 Å². The number of likely N-dealkylation sites (N-methyl/N-ethyl adjacent to an activating group) is 1. The SMILES string of the molecule is COC(=O)[C@@H](C)N(C)C(=O)C(F)(F)F. The molecular weight excluding hydrogens is 203 g/mol. The summed E-state index contributed by atoms with van der Waals surface area (Å²) in [5.41, 5.74) is 0. The number of carbonyl (C=O) groups is 2. The van der Waals surface area contributed by atoms with Gasteiger partial charge in [-0.1, -0.05) is 0 Å². The number of amides is 1. The molecule has 0 aliphatic rings. The van der Waals surface area contributed by atoms with Crippen molar-refractivity contribution in [2.75, 3.05) is 14.2 Å². The van der Waals surface area contributed by atoms with Crippen LogP contribution in [-0.4, -0.2) is 43.2 Å². The maximum Gasteiger partial charge on any atom is 0.471 e. The highest BCUT2D eigenvalue weighted by Gasteiger charge is 2.43. The van der Waals surface area contributed by atoms with Crippen LogP contribution in [0.25, 0.3) is 0 Å². The molecule has 82 valence electrons. The van der Waals surface area contributed by atoms with E-state index in [1.165, 1.54) is 0 Å². The number of alkyl halides is 3. The number of carbonyl (C=O) groups excluding carboxylic acids is 2. The Morgan fingerprint density at radius 3 is 2.07 bits per heavy atom. The third kappa shape index (κ3) is 2.90. The van der Waals surface area contributed by atoms with Gasteiger partial charge in [0, 0.05) is 7.05 Å². The van der Waals surface area contributed by atoms with Gasteiger partial charge in [-0.3, -0.25) is 4.79 Å². The Labute approximate surface area is 78.6 Å². The van der Waals surface area contributed by atoms with E-state index in [9.17, 15) is 22.8 Å². The zero-order valence-electron chi connectivity index (χ0n) is 7.88. The Bertz CT molecular complexity index is 239. The second kappa shape index (κ2) is 4.30. The van der Waals surface area contributed by atoms with Gasteiger partial charge in [0.05, 0.1) is 7.11 Å². The van der Waals surface area contributed by atoms with Crippen LogP contribution < -0.4 is 0 Å². The lowest BCUT2D eigenvalue weighted by Gasteiger charge is -2.23. The predicted octanol–water partition coefficient (Wildman–Crippen LogP) is 0.569. The molecular formula is C7H10F3NO3. The summed E-state index contributed by atoms with van der Waals surface area (Å²) in [7, 11) is 1.92. The molecule has 0 aromatic carbocycles. The van der Waals surface area contributed by atoms with Crippen LogP contribution in [0.2, 0.25) is 0 Å². The second-order valence-electron chi connectivity index (χ2n) is 2.61. The van der Waals surface area contributed by atoms with E-state index in [4.69, 9.17) is 0 Å². The number of esters is 1. The first-order valence-electron chi connectivity index (χ1n) is 3.63. The topological polar surface area (TPSA) is 46.6 Å². The highest BCUT2D eigenvalue weighted by Crippen LogP contribution is 2.18. The summed E-state index contributed by atoms with van der Waals surface area (Å²) in [6.45, 7) is 1.15. The molecule has 0 N–H and O–H groups in total. The summed E-state index contributed by atoms with van der Waals surface area (Å²) in [5, 5.41) is 0. The van der Waals surface area contributed by atoms with E-state index in [0.29, 0.717) is 0 Å². The maximum absolute atomic E-state index is 11.9. The van der Waals surface area contributed by atoms with Crippen molar-refractivity contribution < 1.29 is 27.5 Å². The van der Waals surface area contributed by atoms with E-state index in [1.807, 2.05) is 0 Å². The average Bonchev–Trinajstić information content (AvgIpc) is 2.11. The van der Waals surface area contributed by atoms with Crippen molar-refractivity contribution in [3.8, 4) is 0 Å². The highest BCUT2D eigenvalue weighted by molar-refractivity contribution is 5.87. The summed E-state index contributed by atoms with van der Waals surface area (Å²) >= 11 is 0. The van der Waals surface area contributed by atoms with E-state index >= 15 is 0 Å². The Hall–Kier alpha value is -1.27. The fourth-order valence-corrected chi connectivity index (χ4v) is 0.705. The molecule has 4 nitrogen and oxygen atoms in total. The largest absolute Gasteiger partial charge is 0.471 e. The molecule has 0 unspecified atom stereocenters. The highest BCUT2D eigenvalue weighted by atomic mass is 19.4. The third-order valence-electron chi connectivity index (χ3n) is 1.69. The molecule has 0 fully saturated rings. The van der Waals surface area contributed by atoms with Gasteiger partial charge >= 0.3 is 18.1 Å². The minimum absolute atomic E-state index is 0.284. The monoisotopic (exact) mass is 213 g/mol. The van der Waals surface area contributed by atoms with Crippen LogP contribution in [0.1, 0.15) is 6.92 Å². The lowest BCUT2D eigenvalue weighted by atomic mass is 10.3. The van der Waals surface area contributed by atoms with Crippen LogP contribution in [0.15, 0.2) is 0 Å². The summed E-state index contributed by atoms with van der Waals surface area (Å²) < 4.78 is 39.8. The molecule has 0 heterocycles. The van der Waals surface area contributed by atoms with E-state index in [2.05, 4.69) is 4.74 Å². The molecule has 0 saturated carbocycles. The molecule has 1 amide bonds. The minimum Gasteiger partial charge on any atom is -0.467 e. The zero-order valence-corrected chi connectivity index (χ0v) is 7.88. The van der Waals surface area contributed by atoms with Gasteiger partial charge in [0.2, 0.25) is 0 Å². The van der Waals surface area contributed by atoms with Gasteiger partial charge in [-0.25, -0.2) is 4.79 Å². The van der Waals surface area contributed by atoms with Gasteiger partial charge < -0.3 is 9.64 Å². The zero-order chi connectivity index (χ0) is 11.5. The molecule has 7 heteroatoms. The first-order valence-corrected chi connectivity index (χ1v) is 3.63. The number of nitrogens with zero attached hydrogens (tertiary/aromatic N) is 1. The first kappa shape index (κ1) is 12.7. The van der Waals surface area contributed by atoms with E-state index in [1.54, 1.807) is 0 Å². The number of hydrogen-bond acceptors (Lipinski definition) is 3. The Morgan fingerprint density at radius 1 is 1.36 bits per heavy atom. The van der Waals surface area contributed by atoms with Crippen LogP contribution in [0.3, 0.4) is 0 Å². The predicted molar refractivity (Wildman–Crippen MR) is 40.3 cm³/mol. The van der Waals surface area contributed by atoms with Crippen molar-refractivity contribution >= 4 is 11.9 Å². The molecule has 0 aliphatic carbocycles. The van der Waals surface area contributed by atoms with Crippen molar-refractivity contribution in [2.45, 2.75) is 19.1 Å². The fraction of sp³-hybridized carbons (Fsp3) is 0.714. The lowest BCUT2D eigenvalue weighted by Crippen LogP contribution is -2.46. The quantitative estimate of drug-likeness (QED) is 0.630. The van der Waals surface area contributed by atoms with Crippen LogP contribution in [0, 0.1) is 0 Å². The number of rotatable bonds is 2. The van der Waals surface area contributed by atoms with Gasteiger partial charge in [-0.15, -0.1) is 0 Å². The van der Waals surface area contributed by atoms with Crippen molar-refractivity contribution in [2.24, 2.45) is 0 Å². The Morgan fingerprint density at radius 2 is 1.79 bits per heavy atom. The first-order chi connectivity index (χ1) is 6.21. The number of halogens is 3. The smallest absolute Gasteiger partial charge is 0.467 e. The van der Waals surface area contributed by atoms with Crippen molar-refractivity contribution in [3.05, 3.63) is 0 Å². The molecule has 0 saturated heterocycles. The van der Waals surface area contributed by atoms with Gasteiger partial charge in [-0.05, 0) is 6.92 Å². The number of hydrogen-bond donors (Lipinski definition) is 0. The molecule has 0 aromatic heterocycles. The number of ether oxygens (including phenoxy) is 1. The van der Waals surface area contributed by atoms with E-state index < -0.39 is 24.1 Å². The van der Waals surface area contributed by atoms with Crippen molar-refractivity contribution in [1.29, 1.82) is 0 Å². The third-order valence-corrected chi connectivity index (χ3v) is 1.69. The molecule has 0 aromatic rings. The summed E-state index contributed by atoms with van der Waals surface area (Å²) in [5.74, 6) is -2.97. The van der Waals surface area contributed by atoms with Gasteiger partial charge in [0.15, 0.2) is 0 Å². The molecule has 14 heavy (non-hydrogen) atoms. The number of methoxy groups -OCH3 is 1. The molecule has 0 spiro atoms. The standard InChI is InChI=1S/C7H10F3NO3/c1-4(5(12)14-3)11(2)6(13)7(8,9)10/h4H,1-3H3/t4-/m1/s1. The summed E-state index contributed by atoms with van der Waals surface area (Å²) in [6, 6.07) is -1.26. The van der Waals surface area contributed by atoms with E-state index in [-0.39, 0.29) is 4.90 Å². The molecule has 0 rings (SSSR count). The van der Waals surface area contributed by atoms with E-state index in [0.717, 1.165) is 21.1 Å². The lowest BCUT2D eigenvalue weighted by molar-refractivity contribution is -0.187. The molecule has 0 radical (unpaired) electrons. The van der Waals surface area contributed by atoms with Crippen LogP contribution >= 0.6 is 0 Å². The van der Waals surface area contributed by atoms with Crippen LogP contribution in [0.5, 0.6) is 0 Å². The minimum atomic E-state index is -4.98. The van der Waals surface area contributed by atoms with Gasteiger partial charge in [0.1, 0.15) is 6.04 Å². The summed E-state index contributed by atoms with van der Waals surface area (Å²) in [6.07, 6.45) is -4.98. The molecule has 0 bridgehead atoms. The average molecular weight is 213 g/mol. The second-order valence-corrected chi connectivity index (χ2v) is 2.61.